The zero-order chi connectivity index (χ0) is 14.0. The van der Waals surface area contributed by atoms with Crippen molar-refractivity contribution in [3.63, 3.8) is 0 Å². The lowest BCUT2D eigenvalue weighted by molar-refractivity contribution is 0.0696. The van der Waals surface area contributed by atoms with Gasteiger partial charge in [0.25, 0.3) is 0 Å². The summed E-state index contributed by atoms with van der Waals surface area (Å²) in [6, 6.07) is 3.73. The Bertz CT molecular complexity index is 634. The Morgan fingerprint density at radius 3 is 2.68 bits per heavy atom. The Labute approximate surface area is 116 Å². The Kier molecular flexibility index (Phi) is 3.96. The molecule has 1 aromatic carbocycles. The van der Waals surface area contributed by atoms with Crippen LogP contribution in [0, 0.1) is 0 Å². The summed E-state index contributed by atoms with van der Waals surface area (Å²) >= 11 is 5.91. The topological polar surface area (TPSA) is 71.4 Å². The van der Waals surface area contributed by atoms with Crippen LogP contribution in [0.3, 0.4) is 0 Å². The molecule has 0 saturated heterocycles. The maximum absolute atomic E-state index is 12.5. The van der Waals surface area contributed by atoms with Gasteiger partial charge in [-0.2, -0.15) is 0 Å². The number of hydrogen-bond acceptors (Lipinski definition) is 3. The molecule has 0 bridgehead atoms. The first kappa shape index (κ1) is 14.1. The Morgan fingerprint density at radius 1 is 1.37 bits per heavy atom. The SMILES string of the molecule is O=C(O)c1ccc(Cl)c(S(=O)(=O)C2C=CCCC2)c1. The first-order chi connectivity index (χ1) is 8.93. The van der Waals surface area contributed by atoms with Crippen molar-refractivity contribution in [2.75, 3.05) is 0 Å². The molecule has 0 heterocycles. The third kappa shape index (κ3) is 2.82. The number of carboxylic acids is 1. The van der Waals surface area contributed by atoms with Crippen molar-refractivity contribution in [3.05, 3.63) is 40.9 Å². The van der Waals surface area contributed by atoms with Crippen molar-refractivity contribution in [1.29, 1.82) is 0 Å². The van der Waals surface area contributed by atoms with Gasteiger partial charge in [-0.1, -0.05) is 23.8 Å². The van der Waals surface area contributed by atoms with Crippen LogP contribution in [-0.4, -0.2) is 24.7 Å². The van der Waals surface area contributed by atoms with Gasteiger partial charge in [-0.15, -0.1) is 0 Å². The van der Waals surface area contributed by atoms with Crippen molar-refractivity contribution in [3.8, 4) is 0 Å². The van der Waals surface area contributed by atoms with Crippen molar-refractivity contribution >= 4 is 27.4 Å². The van der Waals surface area contributed by atoms with E-state index in [9.17, 15) is 13.2 Å². The summed E-state index contributed by atoms with van der Waals surface area (Å²) in [5, 5.41) is 8.36. The molecule has 1 N–H and O–H groups in total. The van der Waals surface area contributed by atoms with E-state index in [-0.39, 0.29) is 15.5 Å². The minimum Gasteiger partial charge on any atom is -0.478 e. The second kappa shape index (κ2) is 5.35. The van der Waals surface area contributed by atoms with E-state index >= 15 is 0 Å². The van der Waals surface area contributed by atoms with Gasteiger partial charge >= 0.3 is 5.97 Å². The van der Waals surface area contributed by atoms with E-state index in [2.05, 4.69) is 0 Å². The zero-order valence-electron chi connectivity index (χ0n) is 10.0. The van der Waals surface area contributed by atoms with Gasteiger partial charge in [0.1, 0.15) is 0 Å². The summed E-state index contributed by atoms with van der Waals surface area (Å²) < 4.78 is 24.9. The fourth-order valence-corrected chi connectivity index (χ4v) is 4.25. The lowest BCUT2D eigenvalue weighted by Crippen LogP contribution is -2.21. The first-order valence-electron chi connectivity index (χ1n) is 5.86. The Balaban J connectivity index is 2.50. The molecule has 0 spiro atoms. The molecule has 1 aliphatic rings. The van der Waals surface area contributed by atoms with Crippen LogP contribution >= 0.6 is 11.6 Å². The molecule has 1 atom stereocenters. The van der Waals surface area contributed by atoms with Crippen molar-refractivity contribution < 1.29 is 18.3 Å². The highest BCUT2D eigenvalue weighted by Crippen LogP contribution is 2.30. The number of hydrogen-bond donors (Lipinski definition) is 1. The number of halogens is 1. The molecule has 0 aliphatic heterocycles. The van der Waals surface area contributed by atoms with Crippen LogP contribution in [0.2, 0.25) is 5.02 Å². The normalized spacial score (nSPS) is 19.3. The lowest BCUT2D eigenvalue weighted by atomic mass is 10.1. The van der Waals surface area contributed by atoms with Crippen LogP contribution in [-0.2, 0) is 9.84 Å². The monoisotopic (exact) mass is 300 g/mol. The van der Waals surface area contributed by atoms with Crippen LogP contribution < -0.4 is 0 Å². The highest BCUT2D eigenvalue weighted by molar-refractivity contribution is 7.92. The average molecular weight is 301 g/mol. The average Bonchev–Trinajstić information content (AvgIpc) is 2.39. The van der Waals surface area contributed by atoms with E-state index in [4.69, 9.17) is 16.7 Å². The molecule has 0 amide bonds. The van der Waals surface area contributed by atoms with Gasteiger partial charge in [-0.25, -0.2) is 13.2 Å². The summed E-state index contributed by atoms with van der Waals surface area (Å²) in [7, 11) is -3.63. The van der Waals surface area contributed by atoms with Crippen molar-refractivity contribution in [2.24, 2.45) is 0 Å². The lowest BCUT2D eigenvalue weighted by Gasteiger charge is -2.18. The predicted molar refractivity (Wildman–Crippen MR) is 72.4 cm³/mol. The number of benzene rings is 1. The fourth-order valence-electron chi connectivity index (χ4n) is 2.06. The molecule has 1 aliphatic carbocycles. The molecule has 0 fully saturated rings. The Hall–Kier alpha value is -1.33. The molecule has 0 radical (unpaired) electrons. The van der Waals surface area contributed by atoms with Gasteiger partial charge in [0.05, 0.1) is 20.7 Å². The summed E-state index contributed by atoms with van der Waals surface area (Å²) in [5.41, 5.74) is -0.0808. The molecular formula is C13H13ClO4S. The molecule has 0 saturated carbocycles. The largest absolute Gasteiger partial charge is 0.478 e. The second-order valence-corrected chi connectivity index (χ2v) is 6.94. The highest BCUT2D eigenvalue weighted by atomic mass is 35.5. The molecule has 2 rings (SSSR count). The van der Waals surface area contributed by atoms with Gasteiger partial charge in [0.2, 0.25) is 0 Å². The van der Waals surface area contributed by atoms with E-state index in [1.54, 1.807) is 6.08 Å². The molecule has 6 heteroatoms. The summed E-state index contributed by atoms with van der Waals surface area (Å²) in [4.78, 5) is 10.8. The molecule has 19 heavy (non-hydrogen) atoms. The van der Waals surface area contributed by atoms with Crippen LogP contribution in [0.15, 0.2) is 35.2 Å². The third-order valence-electron chi connectivity index (χ3n) is 3.09. The number of sulfone groups is 1. The van der Waals surface area contributed by atoms with Crippen molar-refractivity contribution in [2.45, 2.75) is 29.4 Å². The van der Waals surface area contributed by atoms with E-state index in [0.29, 0.717) is 6.42 Å². The number of carbonyl (C=O) groups is 1. The van der Waals surface area contributed by atoms with Gasteiger partial charge < -0.3 is 5.11 Å². The number of allylic oxidation sites excluding steroid dienone is 1. The van der Waals surface area contributed by atoms with E-state index in [1.807, 2.05) is 6.08 Å². The van der Waals surface area contributed by atoms with E-state index in [1.165, 1.54) is 12.1 Å². The Morgan fingerprint density at radius 2 is 2.11 bits per heavy atom. The number of rotatable bonds is 3. The summed E-state index contributed by atoms with van der Waals surface area (Å²) in [6.45, 7) is 0. The highest BCUT2D eigenvalue weighted by Gasteiger charge is 2.29. The molecule has 1 unspecified atom stereocenters. The number of aromatic carboxylic acids is 1. The molecule has 102 valence electrons. The van der Waals surface area contributed by atoms with Gasteiger partial charge in [0, 0.05) is 0 Å². The summed E-state index contributed by atoms with van der Waals surface area (Å²) in [6.07, 6.45) is 5.70. The van der Waals surface area contributed by atoms with E-state index < -0.39 is 21.1 Å². The van der Waals surface area contributed by atoms with Crippen LogP contribution in [0.5, 0.6) is 0 Å². The third-order valence-corrected chi connectivity index (χ3v) is 5.68. The minimum atomic E-state index is -3.63. The minimum absolute atomic E-state index is 0.0592. The van der Waals surface area contributed by atoms with Crippen LogP contribution in [0.25, 0.3) is 0 Å². The maximum atomic E-state index is 12.5. The van der Waals surface area contributed by atoms with Crippen LogP contribution in [0.4, 0.5) is 0 Å². The van der Waals surface area contributed by atoms with Crippen molar-refractivity contribution in [1.82, 2.24) is 0 Å². The summed E-state index contributed by atoms with van der Waals surface area (Å²) in [5.74, 6) is -1.17. The fraction of sp³-hybridized carbons (Fsp3) is 0.308. The van der Waals surface area contributed by atoms with E-state index in [0.717, 1.165) is 18.9 Å². The maximum Gasteiger partial charge on any atom is 0.335 e. The molecule has 1 aromatic rings. The molecule has 4 nitrogen and oxygen atoms in total. The van der Waals surface area contributed by atoms with Gasteiger partial charge in [0.15, 0.2) is 9.84 Å². The molecular weight excluding hydrogens is 288 g/mol. The molecule has 0 aromatic heterocycles. The smallest absolute Gasteiger partial charge is 0.335 e. The standard InChI is InChI=1S/C13H13ClO4S/c14-11-7-6-9(13(15)16)8-12(11)19(17,18)10-4-2-1-3-5-10/h2,4,6-8,10H,1,3,5H2,(H,15,16). The van der Waals surface area contributed by atoms with Gasteiger partial charge in [-0.05, 0) is 37.5 Å². The first-order valence-corrected chi connectivity index (χ1v) is 7.79. The van der Waals surface area contributed by atoms with Crippen LogP contribution in [0.1, 0.15) is 29.6 Å². The predicted octanol–water partition coefficient (Wildman–Crippen LogP) is 2.92. The second-order valence-electron chi connectivity index (χ2n) is 4.39. The van der Waals surface area contributed by atoms with Gasteiger partial charge in [-0.3, -0.25) is 0 Å². The zero-order valence-corrected chi connectivity index (χ0v) is 11.6. The quantitative estimate of drug-likeness (QED) is 0.871. The number of carboxylic acid groups (broad SMARTS) is 1.